The normalized spacial score (nSPS) is 11.1. The summed E-state index contributed by atoms with van der Waals surface area (Å²) in [5.74, 6) is 0.0231. The minimum atomic E-state index is -3.64. The molecule has 0 fully saturated rings. The van der Waals surface area contributed by atoms with Gasteiger partial charge in [-0.1, -0.05) is 0 Å². The van der Waals surface area contributed by atoms with Gasteiger partial charge < -0.3 is 24.3 Å². The summed E-state index contributed by atoms with van der Waals surface area (Å²) in [4.78, 5) is 25.0. The Kier molecular flexibility index (Phi) is 8.66. The number of nitrogens with one attached hydrogen (secondary N) is 1. The standard InChI is InChI=1S/C22H28N2O8S/c1-24(2)33(27,28)15-8-9-18(29-3)14(11-15)7-10-21(25)23-17-13-20(31-5)19(30-4)12-16(17)22(26)32-6/h8-9,11-13H,7,10H2,1-6H3,(H,23,25). The van der Waals surface area contributed by atoms with E-state index in [4.69, 9.17) is 18.9 Å². The number of aryl methyl sites for hydroxylation is 1. The molecule has 2 aromatic rings. The molecule has 1 amide bonds. The predicted molar refractivity (Wildman–Crippen MR) is 122 cm³/mol. The summed E-state index contributed by atoms with van der Waals surface area (Å²) in [6.45, 7) is 0. The largest absolute Gasteiger partial charge is 0.496 e. The first-order chi connectivity index (χ1) is 15.6. The van der Waals surface area contributed by atoms with Gasteiger partial charge in [0.05, 0.1) is 44.6 Å². The van der Waals surface area contributed by atoms with Crippen molar-refractivity contribution >= 4 is 27.6 Å². The van der Waals surface area contributed by atoms with E-state index < -0.39 is 21.9 Å². The van der Waals surface area contributed by atoms with E-state index in [1.165, 1.54) is 66.8 Å². The molecule has 0 heterocycles. The van der Waals surface area contributed by atoms with Gasteiger partial charge in [-0.15, -0.1) is 0 Å². The number of esters is 1. The van der Waals surface area contributed by atoms with Crippen molar-refractivity contribution in [2.75, 3.05) is 47.9 Å². The van der Waals surface area contributed by atoms with E-state index in [1.807, 2.05) is 0 Å². The van der Waals surface area contributed by atoms with Crippen molar-refractivity contribution in [2.45, 2.75) is 17.7 Å². The van der Waals surface area contributed by atoms with Crippen LogP contribution >= 0.6 is 0 Å². The van der Waals surface area contributed by atoms with Crippen molar-refractivity contribution in [3.8, 4) is 17.2 Å². The van der Waals surface area contributed by atoms with Crippen LogP contribution in [0.5, 0.6) is 17.2 Å². The first kappa shape index (κ1) is 25.9. The SMILES string of the molecule is COC(=O)c1cc(OC)c(OC)cc1NC(=O)CCc1cc(S(=O)(=O)N(C)C)ccc1OC. The molecule has 0 radical (unpaired) electrons. The number of ether oxygens (including phenoxy) is 4. The monoisotopic (exact) mass is 480 g/mol. The number of amides is 1. The fourth-order valence-corrected chi connectivity index (χ4v) is 4.00. The van der Waals surface area contributed by atoms with Crippen molar-refractivity contribution in [2.24, 2.45) is 0 Å². The molecule has 0 bridgehead atoms. The molecule has 0 spiro atoms. The maximum Gasteiger partial charge on any atom is 0.340 e. The Bertz CT molecular complexity index is 1130. The van der Waals surface area contributed by atoms with E-state index in [9.17, 15) is 18.0 Å². The molecule has 1 N–H and O–H groups in total. The zero-order valence-corrected chi connectivity index (χ0v) is 20.2. The third kappa shape index (κ3) is 5.93. The zero-order valence-electron chi connectivity index (χ0n) is 19.4. The number of carbonyl (C=O) groups excluding carboxylic acids is 2. The molecule has 2 rings (SSSR count). The number of sulfonamides is 1. The Balaban J connectivity index is 2.28. The number of rotatable bonds is 10. The minimum Gasteiger partial charge on any atom is -0.496 e. The molecule has 0 saturated heterocycles. The summed E-state index contributed by atoms with van der Waals surface area (Å²) < 4.78 is 46.6. The first-order valence-electron chi connectivity index (χ1n) is 9.82. The van der Waals surface area contributed by atoms with Crippen LogP contribution in [-0.4, -0.2) is 67.1 Å². The molecule has 0 aliphatic rings. The highest BCUT2D eigenvalue weighted by molar-refractivity contribution is 7.89. The highest BCUT2D eigenvalue weighted by Crippen LogP contribution is 2.34. The molecule has 10 nitrogen and oxygen atoms in total. The molecule has 0 atom stereocenters. The molecular weight excluding hydrogens is 452 g/mol. The molecule has 0 unspecified atom stereocenters. The quantitative estimate of drug-likeness (QED) is 0.515. The molecule has 0 saturated carbocycles. The lowest BCUT2D eigenvalue weighted by Crippen LogP contribution is -2.22. The van der Waals surface area contributed by atoms with Gasteiger partial charge in [0.15, 0.2) is 11.5 Å². The van der Waals surface area contributed by atoms with Crippen molar-refractivity contribution in [1.29, 1.82) is 0 Å². The van der Waals surface area contributed by atoms with Crippen molar-refractivity contribution in [3.63, 3.8) is 0 Å². The summed E-state index contributed by atoms with van der Waals surface area (Å²) in [5, 5.41) is 2.68. The van der Waals surface area contributed by atoms with E-state index in [0.717, 1.165) is 4.31 Å². The number of hydrogen-bond acceptors (Lipinski definition) is 8. The van der Waals surface area contributed by atoms with Gasteiger partial charge >= 0.3 is 5.97 Å². The molecule has 180 valence electrons. The lowest BCUT2D eigenvalue weighted by Gasteiger charge is -2.16. The maximum absolute atomic E-state index is 12.7. The highest BCUT2D eigenvalue weighted by Gasteiger charge is 2.21. The van der Waals surface area contributed by atoms with Crippen LogP contribution in [0, 0.1) is 0 Å². The van der Waals surface area contributed by atoms with E-state index >= 15 is 0 Å². The van der Waals surface area contributed by atoms with Crippen molar-refractivity contribution in [3.05, 3.63) is 41.5 Å². The smallest absolute Gasteiger partial charge is 0.340 e. The summed E-state index contributed by atoms with van der Waals surface area (Å²) in [6.07, 6.45) is 0.198. The number of methoxy groups -OCH3 is 4. The van der Waals surface area contributed by atoms with Gasteiger partial charge in [0, 0.05) is 32.6 Å². The van der Waals surface area contributed by atoms with Crippen LogP contribution in [0.1, 0.15) is 22.3 Å². The van der Waals surface area contributed by atoms with Gasteiger partial charge in [-0.05, 0) is 30.2 Å². The Morgan fingerprint density at radius 1 is 0.909 bits per heavy atom. The number of nitrogens with zero attached hydrogens (tertiary/aromatic N) is 1. The first-order valence-corrected chi connectivity index (χ1v) is 11.3. The van der Waals surface area contributed by atoms with E-state index in [2.05, 4.69) is 5.32 Å². The fourth-order valence-electron chi connectivity index (χ4n) is 3.04. The van der Waals surface area contributed by atoms with Crippen molar-refractivity contribution in [1.82, 2.24) is 4.31 Å². The Labute approximate surface area is 193 Å². The number of anilines is 1. The second-order valence-electron chi connectivity index (χ2n) is 7.05. The topological polar surface area (TPSA) is 120 Å². The summed E-state index contributed by atoms with van der Waals surface area (Å²) in [6, 6.07) is 7.36. The fraction of sp³-hybridized carbons (Fsp3) is 0.364. The zero-order chi connectivity index (χ0) is 24.8. The molecule has 11 heteroatoms. The van der Waals surface area contributed by atoms with Crippen LogP contribution in [-0.2, 0) is 26.0 Å². The van der Waals surface area contributed by atoms with Gasteiger partial charge in [-0.3, -0.25) is 4.79 Å². The summed E-state index contributed by atoms with van der Waals surface area (Å²) in [5.41, 5.74) is 0.844. The minimum absolute atomic E-state index is 0.00319. The number of carbonyl (C=O) groups is 2. The van der Waals surface area contributed by atoms with E-state index in [-0.39, 0.29) is 29.0 Å². The molecular formula is C22H28N2O8S. The van der Waals surface area contributed by atoms with Gasteiger partial charge in [0.2, 0.25) is 15.9 Å². The van der Waals surface area contributed by atoms with Gasteiger partial charge in [0.1, 0.15) is 5.75 Å². The van der Waals surface area contributed by atoms with Crippen LogP contribution in [0.3, 0.4) is 0 Å². The Hall–Kier alpha value is -3.31. The second kappa shape index (κ2) is 11.0. The second-order valence-corrected chi connectivity index (χ2v) is 9.21. The predicted octanol–water partition coefficient (Wildman–Crippen LogP) is 2.32. The Morgan fingerprint density at radius 3 is 2.06 bits per heavy atom. The van der Waals surface area contributed by atoms with Gasteiger partial charge in [0.25, 0.3) is 0 Å². The maximum atomic E-state index is 12.7. The average Bonchev–Trinajstić information content (AvgIpc) is 2.81. The van der Waals surface area contributed by atoms with E-state index in [0.29, 0.717) is 22.8 Å². The van der Waals surface area contributed by atoms with Crippen LogP contribution in [0.4, 0.5) is 5.69 Å². The molecule has 33 heavy (non-hydrogen) atoms. The van der Waals surface area contributed by atoms with Crippen molar-refractivity contribution < 1.29 is 37.0 Å². The summed E-state index contributed by atoms with van der Waals surface area (Å²) >= 11 is 0. The average molecular weight is 481 g/mol. The van der Waals surface area contributed by atoms with Gasteiger partial charge in [-0.2, -0.15) is 0 Å². The Morgan fingerprint density at radius 2 is 1.52 bits per heavy atom. The molecule has 0 aromatic heterocycles. The molecule has 0 aliphatic heterocycles. The van der Waals surface area contributed by atoms with E-state index in [1.54, 1.807) is 6.07 Å². The lowest BCUT2D eigenvalue weighted by molar-refractivity contribution is -0.116. The van der Waals surface area contributed by atoms with Crippen LogP contribution < -0.4 is 19.5 Å². The third-order valence-electron chi connectivity index (χ3n) is 4.85. The number of benzene rings is 2. The van der Waals surface area contributed by atoms with Gasteiger partial charge in [-0.25, -0.2) is 17.5 Å². The number of hydrogen-bond donors (Lipinski definition) is 1. The van der Waals surface area contributed by atoms with Crippen LogP contribution in [0.2, 0.25) is 0 Å². The summed E-state index contributed by atoms with van der Waals surface area (Å²) in [7, 11) is 4.78. The van der Waals surface area contributed by atoms with Crippen LogP contribution in [0.25, 0.3) is 0 Å². The molecule has 2 aromatic carbocycles. The third-order valence-corrected chi connectivity index (χ3v) is 6.67. The van der Waals surface area contributed by atoms with Crippen LogP contribution in [0.15, 0.2) is 35.2 Å². The highest BCUT2D eigenvalue weighted by atomic mass is 32.2. The lowest BCUT2D eigenvalue weighted by atomic mass is 10.1. The molecule has 0 aliphatic carbocycles.